The second-order valence-electron chi connectivity index (χ2n) is 5.75. The third kappa shape index (κ3) is 3.23. The molecule has 0 saturated carbocycles. The fourth-order valence-electron chi connectivity index (χ4n) is 2.69. The van der Waals surface area contributed by atoms with Crippen LogP contribution in [0.5, 0.6) is 0 Å². The van der Waals surface area contributed by atoms with Crippen LogP contribution in [0.4, 0.5) is 0 Å². The van der Waals surface area contributed by atoms with Crippen molar-refractivity contribution >= 4 is 16.8 Å². The van der Waals surface area contributed by atoms with E-state index in [2.05, 4.69) is 41.6 Å². The Morgan fingerprint density at radius 2 is 2.13 bits per heavy atom. The lowest BCUT2D eigenvalue weighted by atomic mass is 10.0. The second-order valence-corrected chi connectivity index (χ2v) is 5.75. The van der Waals surface area contributed by atoms with Crippen molar-refractivity contribution in [3.63, 3.8) is 0 Å². The molecule has 0 fully saturated rings. The molecule has 0 spiro atoms. The lowest BCUT2D eigenvalue weighted by Crippen LogP contribution is -2.17. The van der Waals surface area contributed by atoms with Crippen LogP contribution >= 0.6 is 0 Å². The lowest BCUT2D eigenvalue weighted by molar-refractivity contribution is -0.120. The summed E-state index contributed by atoms with van der Waals surface area (Å²) in [4.78, 5) is 16.2. The molecule has 1 aromatic carbocycles. The highest BCUT2D eigenvalue weighted by atomic mass is 16.1. The molecule has 118 valence electrons. The molecule has 2 heterocycles. The number of pyridine rings is 1. The number of aromatic nitrogens is 3. The highest BCUT2D eigenvalue weighted by molar-refractivity contribution is 5.85. The van der Waals surface area contributed by atoms with E-state index in [9.17, 15) is 4.79 Å². The van der Waals surface area contributed by atoms with Crippen LogP contribution in [0.25, 0.3) is 22.2 Å². The molecule has 0 aliphatic carbocycles. The van der Waals surface area contributed by atoms with Crippen LogP contribution in [0.3, 0.4) is 0 Å². The van der Waals surface area contributed by atoms with Gasteiger partial charge in [0.1, 0.15) is 0 Å². The number of nitrogens with zero attached hydrogens (tertiary/aromatic N) is 3. The maximum atomic E-state index is 11.4. The van der Waals surface area contributed by atoms with Gasteiger partial charge in [0.15, 0.2) is 0 Å². The Morgan fingerprint density at radius 3 is 2.83 bits per heavy atom. The van der Waals surface area contributed by atoms with Gasteiger partial charge in [-0.3, -0.25) is 9.48 Å². The summed E-state index contributed by atoms with van der Waals surface area (Å²) in [6.07, 6.45) is 4.99. The third-order valence-corrected chi connectivity index (χ3v) is 4.00. The summed E-state index contributed by atoms with van der Waals surface area (Å²) in [5.41, 5.74) is 5.20. The average molecular weight is 308 g/mol. The summed E-state index contributed by atoms with van der Waals surface area (Å²) in [5, 5.41) is 8.00. The van der Waals surface area contributed by atoms with Gasteiger partial charge in [-0.05, 0) is 36.6 Å². The molecule has 5 nitrogen and oxygen atoms in total. The highest BCUT2D eigenvalue weighted by Crippen LogP contribution is 2.25. The normalized spacial score (nSPS) is 10.9. The Morgan fingerprint density at radius 1 is 1.30 bits per heavy atom. The van der Waals surface area contributed by atoms with Crippen molar-refractivity contribution < 1.29 is 4.79 Å². The summed E-state index contributed by atoms with van der Waals surface area (Å²) >= 11 is 0. The Balaban J connectivity index is 1.98. The monoisotopic (exact) mass is 308 g/mol. The van der Waals surface area contributed by atoms with Crippen molar-refractivity contribution in [1.82, 2.24) is 20.1 Å². The number of hydrogen-bond donors (Lipinski definition) is 1. The number of benzene rings is 1. The molecule has 3 rings (SSSR count). The van der Waals surface area contributed by atoms with Crippen LogP contribution in [0.15, 0.2) is 36.7 Å². The van der Waals surface area contributed by atoms with Gasteiger partial charge in [0.05, 0.1) is 17.4 Å². The Labute approximate surface area is 135 Å². The van der Waals surface area contributed by atoms with Crippen LogP contribution in [-0.4, -0.2) is 27.7 Å². The topological polar surface area (TPSA) is 59.8 Å². The molecule has 0 bridgehead atoms. The molecule has 0 aliphatic heterocycles. The molecule has 23 heavy (non-hydrogen) atoms. The second kappa shape index (κ2) is 6.20. The highest BCUT2D eigenvalue weighted by Gasteiger charge is 2.08. The number of aryl methyl sites for hydroxylation is 3. The van der Waals surface area contributed by atoms with Crippen LogP contribution in [0, 0.1) is 6.92 Å². The lowest BCUT2D eigenvalue weighted by Gasteiger charge is -2.08. The summed E-state index contributed by atoms with van der Waals surface area (Å²) in [7, 11) is 3.56. The van der Waals surface area contributed by atoms with Crippen LogP contribution in [0.1, 0.15) is 17.5 Å². The fraction of sp³-hybridized carbons (Fsp3) is 0.278. The van der Waals surface area contributed by atoms with Crippen LogP contribution in [-0.2, 0) is 18.3 Å². The van der Waals surface area contributed by atoms with E-state index in [0.717, 1.165) is 27.7 Å². The Hall–Kier alpha value is -2.69. The van der Waals surface area contributed by atoms with Gasteiger partial charge >= 0.3 is 0 Å². The van der Waals surface area contributed by atoms with Crippen molar-refractivity contribution in [2.75, 3.05) is 7.05 Å². The smallest absolute Gasteiger partial charge is 0.220 e. The molecule has 0 aliphatic rings. The van der Waals surface area contributed by atoms with Gasteiger partial charge < -0.3 is 5.32 Å². The van der Waals surface area contributed by atoms with Gasteiger partial charge in [0.25, 0.3) is 0 Å². The van der Waals surface area contributed by atoms with Gasteiger partial charge in [0.2, 0.25) is 5.91 Å². The predicted molar refractivity (Wildman–Crippen MR) is 91.1 cm³/mol. The first-order valence-corrected chi connectivity index (χ1v) is 7.66. The maximum Gasteiger partial charge on any atom is 0.220 e. The number of amides is 1. The van der Waals surface area contributed by atoms with Gasteiger partial charge in [-0.15, -0.1) is 0 Å². The quantitative estimate of drug-likeness (QED) is 0.806. The SMILES string of the molecule is CNC(=O)CCc1ccc2c(C)cc(-c3cnn(C)c3)nc2c1. The van der Waals surface area contributed by atoms with E-state index in [-0.39, 0.29) is 5.91 Å². The largest absolute Gasteiger partial charge is 0.359 e. The van der Waals surface area contributed by atoms with Gasteiger partial charge in [-0.1, -0.05) is 12.1 Å². The number of rotatable bonds is 4. The number of carbonyl (C=O) groups excluding carboxylic acids is 1. The zero-order valence-electron chi connectivity index (χ0n) is 13.6. The number of nitrogens with one attached hydrogen (secondary N) is 1. The minimum atomic E-state index is 0.0540. The molecule has 1 amide bonds. The van der Waals surface area contributed by atoms with E-state index >= 15 is 0 Å². The zero-order chi connectivity index (χ0) is 16.4. The average Bonchev–Trinajstić information content (AvgIpc) is 2.98. The molecular weight excluding hydrogens is 288 g/mol. The summed E-state index contributed by atoms with van der Waals surface area (Å²) < 4.78 is 1.77. The van der Waals surface area contributed by atoms with E-state index in [1.54, 1.807) is 11.7 Å². The van der Waals surface area contributed by atoms with Gasteiger partial charge in [-0.25, -0.2) is 4.98 Å². The predicted octanol–water partition coefficient (Wildman–Crippen LogP) is 2.62. The molecular formula is C18H20N4O. The van der Waals surface area contributed by atoms with Crippen LogP contribution in [0.2, 0.25) is 0 Å². The molecule has 1 N–H and O–H groups in total. The van der Waals surface area contributed by atoms with Crippen molar-refractivity contribution in [2.45, 2.75) is 19.8 Å². The fourth-order valence-corrected chi connectivity index (χ4v) is 2.69. The standard InChI is InChI=1S/C18H20N4O/c1-12-8-16(14-10-20-22(3)11-14)21-17-9-13(4-6-15(12)17)5-7-18(23)19-2/h4,6,8-11H,5,7H2,1-3H3,(H,19,23). The van der Waals surface area contributed by atoms with Crippen molar-refractivity contribution in [3.05, 3.63) is 47.8 Å². The molecule has 0 radical (unpaired) electrons. The van der Waals surface area contributed by atoms with Crippen molar-refractivity contribution in [3.8, 4) is 11.3 Å². The summed E-state index contributed by atoms with van der Waals surface area (Å²) in [6, 6.07) is 8.32. The minimum Gasteiger partial charge on any atom is -0.359 e. The minimum absolute atomic E-state index is 0.0540. The Bertz CT molecular complexity index is 867. The third-order valence-electron chi connectivity index (χ3n) is 4.00. The van der Waals surface area contributed by atoms with E-state index in [0.29, 0.717) is 12.8 Å². The Kier molecular flexibility index (Phi) is 4.10. The molecule has 5 heteroatoms. The zero-order valence-corrected chi connectivity index (χ0v) is 13.6. The number of fused-ring (bicyclic) bond motifs is 1. The molecule has 3 aromatic rings. The van der Waals surface area contributed by atoms with Crippen LogP contribution < -0.4 is 5.32 Å². The van der Waals surface area contributed by atoms with E-state index in [1.165, 1.54) is 5.56 Å². The van der Waals surface area contributed by atoms with Crippen molar-refractivity contribution in [2.24, 2.45) is 7.05 Å². The number of hydrogen-bond acceptors (Lipinski definition) is 3. The number of carbonyl (C=O) groups is 1. The van der Waals surface area contributed by atoms with Gasteiger partial charge in [0, 0.05) is 37.7 Å². The van der Waals surface area contributed by atoms with E-state index in [1.807, 2.05) is 19.4 Å². The molecule has 2 aromatic heterocycles. The summed E-state index contributed by atoms with van der Waals surface area (Å²) in [6.45, 7) is 2.09. The van der Waals surface area contributed by atoms with Crippen molar-refractivity contribution in [1.29, 1.82) is 0 Å². The first-order valence-electron chi connectivity index (χ1n) is 7.66. The first-order chi connectivity index (χ1) is 11.1. The van der Waals surface area contributed by atoms with E-state index in [4.69, 9.17) is 4.98 Å². The first kappa shape index (κ1) is 15.2. The maximum absolute atomic E-state index is 11.4. The molecule has 0 saturated heterocycles. The molecule has 0 unspecified atom stereocenters. The molecule has 0 atom stereocenters. The summed E-state index contributed by atoms with van der Waals surface area (Å²) in [5.74, 6) is 0.0540. The van der Waals surface area contributed by atoms with E-state index < -0.39 is 0 Å². The van der Waals surface area contributed by atoms with Gasteiger partial charge in [-0.2, -0.15) is 5.10 Å².